The van der Waals surface area contributed by atoms with Crippen LogP contribution in [0.15, 0.2) is 4.52 Å². The van der Waals surface area contributed by atoms with Gasteiger partial charge in [-0.05, 0) is 57.3 Å². The Labute approximate surface area is 149 Å². The monoisotopic (exact) mass is 347 g/mol. The zero-order valence-electron chi connectivity index (χ0n) is 15.2. The van der Waals surface area contributed by atoms with E-state index in [1.54, 1.807) is 7.11 Å². The summed E-state index contributed by atoms with van der Waals surface area (Å²) in [5, 5.41) is 4.22. The molecule has 0 radical (unpaired) electrons. The van der Waals surface area contributed by atoms with Crippen LogP contribution in [0.3, 0.4) is 0 Å². The number of methoxy groups -OCH3 is 1. The highest BCUT2D eigenvalue weighted by atomic mass is 16.5. The number of aromatic nitrogens is 2. The Morgan fingerprint density at radius 3 is 2.52 bits per heavy atom. The van der Waals surface area contributed by atoms with E-state index in [-0.39, 0.29) is 5.60 Å². The lowest BCUT2D eigenvalue weighted by Gasteiger charge is -2.36. The third-order valence-electron chi connectivity index (χ3n) is 6.52. The molecular weight excluding hydrogens is 318 g/mol. The van der Waals surface area contributed by atoms with Gasteiger partial charge >= 0.3 is 0 Å². The molecule has 6 nitrogen and oxygen atoms in total. The SMILES string of the molecule is COC1(c2noc(CC3CCN(C(=O)C4CCC4)CC3)n2)CCCC1. The minimum absolute atomic E-state index is 0.312. The minimum Gasteiger partial charge on any atom is -0.370 e. The van der Waals surface area contributed by atoms with Gasteiger partial charge in [0.05, 0.1) is 0 Å². The molecule has 1 aliphatic heterocycles. The molecule has 138 valence electrons. The molecule has 3 aliphatic rings. The summed E-state index contributed by atoms with van der Waals surface area (Å²) < 4.78 is 11.3. The summed E-state index contributed by atoms with van der Waals surface area (Å²) in [5.41, 5.74) is -0.333. The zero-order chi connectivity index (χ0) is 17.3. The molecule has 2 aliphatic carbocycles. The number of carbonyl (C=O) groups excluding carboxylic acids is 1. The molecule has 0 N–H and O–H groups in total. The fourth-order valence-corrected chi connectivity index (χ4v) is 4.51. The molecule has 1 aromatic rings. The van der Waals surface area contributed by atoms with Crippen molar-refractivity contribution in [3.63, 3.8) is 0 Å². The molecule has 2 heterocycles. The van der Waals surface area contributed by atoms with Crippen LogP contribution in [0.2, 0.25) is 0 Å². The predicted octanol–water partition coefficient (Wildman–Crippen LogP) is 3.07. The molecule has 0 spiro atoms. The van der Waals surface area contributed by atoms with Crippen molar-refractivity contribution < 1.29 is 14.1 Å². The van der Waals surface area contributed by atoms with E-state index in [4.69, 9.17) is 9.26 Å². The lowest BCUT2D eigenvalue weighted by atomic mass is 9.83. The van der Waals surface area contributed by atoms with E-state index in [0.29, 0.717) is 17.7 Å². The summed E-state index contributed by atoms with van der Waals surface area (Å²) in [7, 11) is 1.75. The van der Waals surface area contributed by atoms with Crippen molar-refractivity contribution in [3.05, 3.63) is 11.7 Å². The maximum Gasteiger partial charge on any atom is 0.227 e. The van der Waals surface area contributed by atoms with E-state index < -0.39 is 0 Å². The Bertz CT molecular complexity index is 597. The van der Waals surface area contributed by atoms with E-state index in [9.17, 15) is 4.79 Å². The highest BCUT2D eigenvalue weighted by Crippen LogP contribution is 2.40. The van der Waals surface area contributed by atoms with E-state index in [0.717, 1.165) is 82.6 Å². The Kier molecular flexibility index (Phi) is 4.80. The van der Waals surface area contributed by atoms with Gasteiger partial charge in [0.2, 0.25) is 17.6 Å². The van der Waals surface area contributed by atoms with Gasteiger partial charge in [-0.15, -0.1) is 0 Å². The molecule has 1 amide bonds. The second-order valence-electron chi connectivity index (χ2n) is 8.02. The van der Waals surface area contributed by atoms with Crippen molar-refractivity contribution >= 4 is 5.91 Å². The molecule has 4 rings (SSSR count). The van der Waals surface area contributed by atoms with Gasteiger partial charge in [0, 0.05) is 32.5 Å². The molecule has 0 unspecified atom stereocenters. The van der Waals surface area contributed by atoms with Crippen LogP contribution in [0.4, 0.5) is 0 Å². The lowest BCUT2D eigenvalue weighted by Crippen LogP contribution is -2.43. The first-order valence-corrected chi connectivity index (χ1v) is 9.87. The first-order valence-electron chi connectivity index (χ1n) is 9.87. The summed E-state index contributed by atoms with van der Waals surface area (Å²) in [6.07, 6.45) is 10.5. The van der Waals surface area contributed by atoms with Crippen molar-refractivity contribution in [3.8, 4) is 0 Å². The van der Waals surface area contributed by atoms with E-state index in [1.165, 1.54) is 6.42 Å². The molecule has 1 saturated heterocycles. The predicted molar refractivity (Wildman–Crippen MR) is 91.8 cm³/mol. The number of likely N-dealkylation sites (tertiary alicyclic amines) is 1. The smallest absolute Gasteiger partial charge is 0.227 e. The number of nitrogens with zero attached hydrogens (tertiary/aromatic N) is 3. The Morgan fingerprint density at radius 1 is 1.20 bits per heavy atom. The van der Waals surface area contributed by atoms with Crippen molar-refractivity contribution in [1.82, 2.24) is 15.0 Å². The number of ether oxygens (including phenoxy) is 1. The summed E-state index contributed by atoms with van der Waals surface area (Å²) in [6, 6.07) is 0. The van der Waals surface area contributed by atoms with E-state index >= 15 is 0 Å². The van der Waals surface area contributed by atoms with Crippen LogP contribution in [-0.4, -0.2) is 41.1 Å². The molecule has 6 heteroatoms. The average molecular weight is 347 g/mol. The first-order chi connectivity index (χ1) is 12.2. The zero-order valence-corrected chi connectivity index (χ0v) is 15.2. The molecule has 3 fully saturated rings. The maximum absolute atomic E-state index is 12.3. The fraction of sp³-hybridized carbons (Fsp3) is 0.842. The largest absolute Gasteiger partial charge is 0.370 e. The van der Waals surface area contributed by atoms with Gasteiger partial charge in [-0.1, -0.05) is 11.6 Å². The topological polar surface area (TPSA) is 68.5 Å². The van der Waals surface area contributed by atoms with Gasteiger partial charge in [-0.2, -0.15) is 4.98 Å². The van der Waals surface area contributed by atoms with E-state index in [2.05, 4.69) is 15.0 Å². The highest BCUT2D eigenvalue weighted by molar-refractivity contribution is 5.79. The number of carbonyl (C=O) groups is 1. The quantitative estimate of drug-likeness (QED) is 0.819. The van der Waals surface area contributed by atoms with Crippen molar-refractivity contribution in [2.45, 2.75) is 69.8 Å². The normalized spacial score (nSPS) is 24.4. The molecule has 2 saturated carbocycles. The van der Waals surface area contributed by atoms with Gasteiger partial charge in [-0.3, -0.25) is 4.79 Å². The Balaban J connectivity index is 1.31. The van der Waals surface area contributed by atoms with Crippen LogP contribution < -0.4 is 0 Å². The van der Waals surface area contributed by atoms with Gasteiger partial charge in [-0.25, -0.2) is 0 Å². The number of piperidine rings is 1. The summed E-state index contributed by atoms with van der Waals surface area (Å²) in [5.74, 6) is 2.67. The van der Waals surface area contributed by atoms with Crippen molar-refractivity contribution in [2.24, 2.45) is 11.8 Å². The van der Waals surface area contributed by atoms with Gasteiger partial charge < -0.3 is 14.2 Å². The van der Waals surface area contributed by atoms with Gasteiger partial charge in [0.1, 0.15) is 5.60 Å². The number of hydrogen-bond acceptors (Lipinski definition) is 5. The fourth-order valence-electron chi connectivity index (χ4n) is 4.51. The molecular formula is C19H29N3O3. The number of rotatable bonds is 5. The van der Waals surface area contributed by atoms with Crippen molar-refractivity contribution in [1.29, 1.82) is 0 Å². The summed E-state index contributed by atoms with van der Waals surface area (Å²) in [4.78, 5) is 19.1. The standard InChI is InChI=1S/C19H29N3O3/c1-24-19(9-2-3-10-19)18-20-16(25-21-18)13-14-7-11-22(12-8-14)17(23)15-5-4-6-15/h14-15H,2-13H2,1H3. The molecule has 0 bridgehead atoms. The molecule has 0 atom stereocenters. The number of amides is 1. The first kappa shape index (κ1) is 17.0. The van der Waals surface area contributed by atoms with E-state index in [1.807, 2.05) is 0 Å². The molecule has 25 heavy (non-hydrogen) atoms. The van der Waals surface area contributed by atoms with Crippen LogP contribution in [0.25, 0.3) is 0 Å². The van der Waals surface area contributed by atoms with Gasteiger partial charge in [0.15, 0.2) is 0 Å². The minimum atomic E-state index is -0.333. The van der Waals surface area contributed by atoms with Crippen LogP contribution >= 0.6 is 0 Å². The summed E-state index contributed by atoms with van der Waals surface area (Å²) >= 11 is 0. The van der Waals surface area contributed by atoms with Crippen LogP contribution in [0, 0.1) is 11.8 Å². The highest BCUT2D eigenvalue weighted by Gasteiger charge is 2.40. The Hall–Kier alpha value is -1.43. The second-order valence-corrected chi connectivity index (χ2v) is 8.02. The average Bonchev–Trinajstić information content (AvgIpc) is 3.23. The molecule has 1 aromatic heterocycles. The van der Waals surface area contributed by atoms with Crippen molar-refractivity contribution in [2.75, 3.05) is 20.2 Å². The third-order valence-corrected chi connectivity index (χ3v) is 6.52. The molecule has 0 aromatic carbocycles. The summed E-state index contributed by atoms with van der Waals surface area (Å²) in [6.45, 7) is 1.76. The third kappa shape index (κ3) is 3.33. The maximum atomic E-state index is 12.3. The van der Waals surface area contributed by atoms with Crippen LogP contribution in [0.1, 0.15) is 69.5 Å². The van der Waals surface area contributed by atoms with Gasteiger partial charge in [0.25, 0.3) is 0 Å². The Morgan fingerprint density at radius 2 is 1.92 bits per heavy atom. The lowest BCUT2D eigenvalue weighted by molar-refractivity contribution is -0.139. The second kappa shape index (κ2) is 7.06. The number of hydrogen-bond donors (Lipinski definition) is 0. The van der Waals surface area contributed by atoms with Crippen LogP contribution in [0.5, 0.6) is 0 Å². The van der Waals surface area contributed by atoms with Crippen LogP contribution in [-0.2, 0) is 21.6 Å².